The fraction of sp³-hybridized carbons (Fsp3) is 0.345. The van der Waals surface area contributed by atoms with E-state index in [2.05, 4.69) is 5.32 Å². The molecule has 0 spiro atoms. The van der Waals surface area contributed by atoms with Crippen molar-refractivity contribution in [2.75, 3.05) is 17.7 Å². The van der Waals surface area contributed by atoms with Gasteiger partial charge in [-0.15, -0.1) is 0 Å². The zero-order valence-electron chi connectivity index (χ0n) is 22.2. The third kappa shape index (κ3) is 6.07. The first-order valence-corrected chi connectivity index (χ1v) is 14.0. The molecule has 0 saturated carbocycles. The molecule has 7 nitrogen and oxygen atoms in total. The lowest BCUT2D eigenvalue weighted by molar-refractivity contribution is 0.0618. The topological polar surface area (TPSA) is 84.9 Å². The van der Waals surface area contributed by atoms with Gasteiger partial charge in [0.05, 0.1) is 31.6 Å². The maximum Gasteiger partial charge on any atom is 0.251 e. The molecule has 1 heterocycles. The number of hydrogen-bond donors (Lipinski definition) is 1. The molecule has 8 heteroatoms. The molecule has 1 unspecified atom stereocenters. The molecule has 37 heavy (non-hydrogen) atoms. The summed E-state index contributed by atoms with van der Waals surface area (Å²) in [4.78, 5) is 13.2. The highest BCUT2D eigenvalue weighted by Crippen LogP contribution is 2.41. The lowest BCUT2D eigenvalue weighted by Crippen LogP contribution is -2.41. The number of nitrogens with one attached hydrogen (secondary N) is 1. The van der Waals surface area contributed by atoms with Gasteiger partial charge in [-0.2, -0.15) is 0 Å². The fourth-order valence-corrected chi connectivity index (χ4v) is 5.56. The third-order valence-corrected chi connectivity index (χ3v) is 7.68. The maximum absolute atomic E-state index is 13.2. The van der Waals surface area contributed by atoms with Gasteiger partial charge in [0.2, 0.25) is 10.0 Å². The number of amides is 1. The van der Waals surface area contributed by atoms with Gasteiger partial charge in [0.1, 0.15) is 17.1 Å². The van der Waals surface area contributed by atoms with Crippen molar-refractivity contribution in [2.24, 2.45) is 0 Å². The van der Waals surface area contributed by atoms with Crippen molar-refractivity contribution in [1.29, 1.82) is 0 Å². The zero-order valence-corrected chi connectivity index (χ0v) is 23.0. The average molecular weight is 523 g/mol. The Bertz CT molecular complexity index is 1410. The molecule has 4 rings (SSSR count). The summed E-state index contributed by atoms with van der Waals surface area (Å²) in [5.74, 6) is 1.22. The van der Waals surface area contributed by atoms with Gasteiger partial charge in [-0.05, 0) is 80.8 Å². The van der Waals surface area contributed by atoms with Crippen LogP contribution >= 0.6 is 0 Å². The first-order chi connectivity index (χ1) is 17.4. The van der Waals surface area contributed by atoms with E-state index in [0.717, 1.165) is 28.0 Å². The standard InChI is InChI=1S/C29H34N2O5S/c1-19-7-8-20(2)26(15-19)31(37(6,33)34)18-21-9-11-22(12-10-21)28(32)30-25-17-29(3,4)36-27-14-13-23(35-5)16-24(25)27/h7-16,25H,17-18H2,1-6H3,(H,30,32). The average Bonchev–Trinajstić information content (AvgIpc) is 2.83. The second-order valence-electron chi connectivity index (χ2n) is 10.3. The second-order valence-corrected chi connectivity index (χ2v) is 12.2. The van der Waals surface area contributed by atoms with Crippen molar-refractivity contribution in [3.05, 3.63) is 88.5 Å². The molecule has 3 aromatic rings. The van der Waals surface area contributed by atoms with Gasteiger partial charge in [0.15, 0.2) is 0 Å². The van der Waals surface area contributed by atoms with E-state index in [9.17, 15) is 13.2 Å². The van der Waals surface area contributed by atoms with E-state index in [1.807, 2.05) is 64.1 Å². The Morgan fingerprint density at radius 3 is 2.43 bits per heavy atom. The predicted molar refractivity (Wildman–Crippen MR) is 146 cm³/mol. The minimum Gasteiger partial charge on any atom is -0.497 e. The lowest BCUT2D eigenvalue weighted by Gasteiger charge is -2.38. The summed E-state index contributed by atoms with van der Waals surface area (Å²) in [6, 6.07) is 18.2. The SMILES string of the molecule is COc1ccc2c(c1)C(NC(=O)c1ccc(CN(c3cc(C)ccc3C)S(C)(=O)=O)cc1)CC(C)(C)O2. The highest BCUT2D eigenvalue weighted by molar-refractivity contribution is 7.92. The molecule has 0 saturated heterocycles. The Morgan fingerprint density at radius 2 is 1.78 bits per heavy atom. The maximum atomic E-state index is 13.2. The number of ether oxygens (including phenoxy) is 2. The van der Waals surface area contributed by atoms with Crippen LogP contribution in [0.15, 0.2) is 60.7 Å². The van der Waals surface area contributed by atoms with E-state index in [1.165, 1.54) is 10.6 Å². The number of methoxy groups -OCH3 is 1. The molecule has 1 aliphatic rings. The molecule has 3 aromatic carbocycles. The number of nitrogens with zero attached hydrogens (tertiary/aromatic N) is 1. The first kappa shape index (κ1) is 26.5. The van der Waals surface area contributed by atoms with Crippen molar-refractivity contribution >= 4 is 21.6 Å². The van der Waals surface area contributed by atoms with E-state index in [0.29, 0.717) is 23.4 Å². The Balaban J connectivity index is 1.54. The highest BCUT2D eigenvalue weighted by atomic mass is 32.2. The highest BCUT2D eigenvalue weighted by Gasteiger charge is 2.35. The Hall–Kier alpha value is -3.52. The predicted octanol–water partition coefficient (Wildman–Crippen LogP) is 5.31. The van der Waals surface area contributed by atoms with Gasteiger partial charge in [-0.25, -0.2) is 8.42 Å². The van der Waals surface area contributed by atoms with E-state index < -0.39 is 15.6 Å². The Morgan fingerprint density at radius 1 is 1.08 bits per heavy atom. The Labute approximate surface area is 219 Å². The molecular weight excluding hydrogens is 488 g/mol. The van der Waals surface area contributed by atoms with Crippen LogP contribution in [0.25, 0.3) is 0 Å². The van der Waals surface area contributed by atoms with Crippen LogP contribution < -0.4 is 19.1 Å². The lowest BCUT2D eigenvalue weighted by atomic mass is 9.89. The van der Waals surface area contributed by atoms with Crippen LogP contribution in [0.3, 0.4) is 0 Å². The van der Waals surface area contributed by atoms with Gasteiger partial charge in [0, 0.05) is 17.5 Å². The third-order valence-electron chi connectivity index (χ3n) is 6.56. The molecule has 0 aromatic heterocycles. The summed E-state index contributed by atoms with van der Waals surface area (Å²) in [6.07, 6.45) is 1.81. The summed E-state index contributed by atoms with van der Waals surface area (Å²) in [6.45, 7) is 8.00. The molecule has 196 valence electrons. The number of hydrogen-bond acceptors (Lipinski definition) is 5. The molecule has 1 atom stereocenters. The minimum atomic E-state index is -3.51. The van der Waals surface area contributed by atoms with Crippen molar-refractivity contribution < 1.29 is 22.7 Å². The number of carbonyl (C=O) groups is 1. The number of carbonyl (C=O) groups excluding carboxylic acids is 1. The van der Waals surface area contributed by atoms with Gasteiger partial charge in [-0.3, -0.25) is 9.10 Å². The summed E-state index contributed by atoms with van der Waals surface area (Å²) in [5, 5.41) is 3.14. The van der Waals surface area contributed by atoms with E-state index in [4.69, 9.17) is 9.47 Å². The minimum absolute atomic E-state index is 0.173. The molecule has 1 amide bonds. The van der Waals surface area contributed by atoms with E-state index in [-0.39, 0.29) is 18.5 Å². The molecule has 0 bridgehead atoms. The normalized spacial score (nSPS) is 16.3. The van der Waals surface area contributed by atoms with Gasteiger partial charge in [-0.1, -0.05) is 24.3 Å². The summed E-state index contributed by atoms with van der Waals surface area (Å²) in [7, 11) is -1.91. The number of sulfonamides is 1. The molecule has 0 aliphatic carbocycles. The monoisotopic (exact) mass is 522 g/mol. The van der Waals surface area contributed by atoms with Crippen LogP contribution in [-0.4, -0.2) is 33.3 Å². The van der Waals surface area contributed by atoms with Crippen LogP contribution in [0.4, 0.5) is 5.69 Å². The Kier molecular flexibility index (Phi) is 7.24. The smallest absolute Gasteiger partial charge is 0.251 e. The molecular formula is C29H34N2O5S. The van der Waals surface area contributed by atoms with E-state index in [1.54, 1.807) is 31.4 Å². The number of rotatable bonds is 7. The molecule has 1 N–H and O–H groups in total. The number of anilines is 1. The van der Waals surface area contributed by atoms with Gasteiger partial charge in [0.25, 0.3) is 5.91 Å². The van der Waals surface area contributed by atoms with Crippen LogP contribution in [0.1, 0.15) is 58.9 Å². The van der Waals surface area contributed by atoms with Crippen LogP contribution in [-0.2, 0) is 16.6 Å². The summed E-state index contributed by atoms with van der Waals surface area (Å²) in [5.41, 5.74) is 4.23. The van der Waals surface area contributed by atoms with Crippen molar-refractivity contribution in [1.82, 2.24) is 5.32 Å². The fourth-order valence-electron chi connectivity index (χ4n) is 4.63. The molecule has 0 fully saturated rings. The second kappa shape index (κ2) is 10.1. The largest absolute Gasteiger partial charge is 0.497 e. The van der Waals surface area contributed by atoms with E-state index >= 15 is 0 Å². The number of fused-ring (bicyclic) bond motifs is 1. The quantitative estimate of drug-likeness (QED) is 0.455. The van der Waals surface area contributed by atoms with Crippen molar-refractivity contribution in [3.63, 3.8) is 0 Å². The van der Waals surface area contributed by atoms with Crippen LogP contribution in [0, 0.1) is 13.8 Å². The number of aryl methyl sites for hydroxylation is 2. The number of benzene rings is 3. The molecule has 0 radical (unpaired) electrons. The van der Waals surface area contributed by atoms with Gasteiger partial charge >= 0.3 is 0 Å². The van der Waals surface area contributed by atoms with Crippen molar-refractivity contribution in [2.45, 2.75) is 52.3 Å². The van der Waals surface area contributed by atoms with Gasteiger partial charge < -0.3 is 14.8 Å². The zero-order chi connectivity index (χ0) is 27.0. The summed E-state index contributed by atoms with van der Waals surface area (Å²) < 4.78 is 38.2. The van der Waals surface area contributed by atoms with Crippen molar-refractivity contribution in [3.8, 4) is 11.5 Å². The van der Waals surface area contributed by atoms with Crippen LogP contribution in [0.5, 0.6) is 11.5 Å². The van der Waals surface area contributed by atoms with Crippen LogP contribution in [0.2, 0.25) is 0 Å². The first-order valence-electron chi connectivity index (χ1n) is 12.2. The summed E-state index contributed by atoms with van der Waals surface area (Å²) >= 11 is 0. The molecule has 1 aliphatic heterocycles.